The molecular formula is C14H31Al. The van der Waals surface area contributed by atoms with E-state index in [-0.39, 0.29) is 14.1 Å². The van der Waals surface area contributed by atoms with Gasteiger partial charge in [-0.15, -0.1) is 0 Å². The van der Waals surface area contributed by atoms with Crippen LogP contribution in [0.1, 0.15) is 72.1 Å². The van der Waals surface area contributed by atoms with Gasteiger partial charge in [0.1, 0.15) is 0 Å². The smallest absolute Gasteiger partial charge is 0.0939 e. The lowest BCUT2D eigenvalue weighted by Crippen LogP contribution is -2.11. The Hall–Kier alpha value is 0.532. The molecule has 0 saturated carbocycles. The fourth-order valence-electron chi connectivity index (χ4n) is 2.29. The predicted molar refractivity (Wildman–Crippen MR) is 74.1 cm³/mol. The molecule has 0 aromatic heterocycles. The molecule has 0 heterocycles. The van der Waals surface area contributed by atoms with Crippen LogP contribution in [0, 0.1) is 0 Å². The summed E-state index contributed by atoms with van der Waals surface area (Å²) in [7, 11) is 0. The van der Waals surface area contributed by atoms with E-state index in [9.17, 15) is 0 Å². The zero-order valence-electron chi connectivity index (χ0n) is 11.4. The summed E-state index contributed by atoms with van der Waals surface area (Å²) in [5.41, 5.74) is 0. The highest BCUT2D eigenvalue weighted by Gasteiger charge is 2.14. The van der Waals surface area contributed by atoms with Crippen molar-refractivity contribution >= 4 is 14.1 Å². The zero-order chi connectivity index (χ0) is 11.4. The van der Waals surface area contributed by atoms with E-state index < -0.39 is 0 Å². The fourth-order valence-corrected chi connectivity index (χ4v) is 5.88. The van der Waals surface area contributed by atoms with Crippen LogP contribution < -0.4 is 0 Å². The van der Waals surface area contributed by atoms with Crippen LogP contribution in [-0.4, -0.2) is 14.1 Å². The van der Waals surface area contributed by atoms with E-state index >= 15 is 0 Å². The van der Waals surface area contributed by atoms with Crippen molar-refractivity contribution in [2.75, 3.05) is 0 Å². The topological polar surface area (TPSA) is 0 Å². The molecule has 0 aliphatic carbocycles. The Kier molecular flexibility index (Phi) is 13.0. The Balaban J connectivity index is 3.53. The highest BCUT2D eigenvalue weighted by molar-refractivity contribution is 6.58. The molecule has 90 valence electrons. The predicted octanol–water partition coefficient (Wildman–Crippen LogP) is 5.66. The molecule has 0 aliphatic heterocycles. The van der Waals surface area contributed by atoms with Crippen LogP contribution in [0.15, 0.2) is 0 Å². The lowest BCUT2D eigenvalue weighted by molar-refractivity contribution is 0.738. The van der Waals surface area contributed by atoms with E-state index in [2.05, 4.69) is 20.8 Å². The third-order valence-electron chi connectivity index (χ3n) is 3.40. The summed E-state index contributed by atoms with van der Waals surface area (Å²) in [6, 6.07) is 0. The summed E-state index contributed by atoms with van der Waals surface area (Å²) in [4.78, 5) is 0. The summed E-state index contributed by atoms with van der Waals surface area (Å²) >= 11 is -0.315. The standard InChI is InChI=1S/2C5H11.C4H9.Al/c2*1-3-5-4-2;1-3-4-2;/h2*1,3-5H2,2H3;1,3-4H2,2H3;. The maximum atomic E-state index is 2.34. The van der Waals surface area contributed by atoms with E-state index in [4.69, 9.17) is 0 Å². The third-order valence-corrected chi connectivity index (χ3v) is 7.07. The van der Waals surface area contributed by atoms with Gasteiger partial charge in [0.05, 0.1) is 0 Å². The van der Waals surface area contributed by atoms with Gasteiger partial charge >= 0.3 is 0 Å². The largest absolute Gasteiger partial charge is 0.261 e. The Morgan fingerprint density at radius 1 is 0.533 bits per heavy atom. The van der Waals surface area contributed by atoms with E-state index in [1.54, 1.807) is 15.8 Å². The number of unbranched alkanes of at least 4 members (excludes halogenated alkanes) is 5. The second-order valence-corrected chi connectivity index (χ2v) is 8.46. The molecule has 0 bridgehead atoms. The van der Waals surface area contributed by atoms with Gasteiger partial charge in [0.25, 0.3) is 14.1 Å². The minimum absolute atomic E-state index is 0.315. The average Bonchev–Trinajstić information content (AvgIpc) is 2.25. The first kappa shape index (κ1) is 15.5. The molecule has 0 unspecified atom stereocenters. The first-order valence-corrected chi connectivity index (χ1v) is 9.80. The highest BCUT2D eigenvalue weighted by atomic mass is 27.2. The van der Waals surface area contributed by atoms with Gasteiger partial charge in [-0.2, -0.15) is 0 Å². The second kappa shape index (κ2) is 12.6. The van der Waals surface area contributed by atoms with Crippen LogP contribution >= 0.6 is 0 Å². The summed E-state index contributed by atoms with van der Waals surface area (Å²) in [5.74, 6) is 0. The monoisotopic (exact) mass is 226 g/mol. The van der Waals surface area contributed by atoms with Crippen molar-refractivity contribution in [1.82, 2.24) is 0 Å². The maximum absolute atomic E-state index is 2.34. The van der Waals surface area contributed by atoms with Crippen molar-refractivity contribution in [2.24, 2.45) is 0 Å². The Morgan fingerprint density at radius 2 is 0.933 bits per heavy atom. The first-order chi connectivity index (χ1) is 7.35. The van der Waals surface area contributed by atoms with Gasteiger partial charge in [-0.25, -0.2) is 0 Å². The molecular weight excluding hydrogens is 195 g/mol. The van der Waals surface area contributed by atoms with Gasteiger partial charge in [0.15, 0.2) is 0 Å². The quantitative estimate of drug-likeness (QED) is 0.315. The molecule has 0 rings (SSSR count). The number of rotatable bonds is 11. The zero-order valence-corrected chi connectivity index (χ0v) is 12.5. The first-order valence-electron chi connectivity index (χ1n) is 7.35. The van der Waals surface area contributed by atoms with Crippen LogP contribution in [-0.2, 0) is 0 Å². The van der Waals surface area contributed by atoms with Crippen molar-refractivity contribution in [1.29, 1.82) is 0 Å². The van der Waals surface area contributed by atoms with E-state index in [1.807, 2.05) is 0 Å². The molecule has 0 N–H and O–H groups in total. The molecule has 0 aromatic carbocycles. The van der Waals surface area contributed by atoms with E-state index in [1.165, 1.54) is 51.4 Å². The Labute approximate surface area is 102 Å². The molecule has 0 atom stereocenters. The van der Waals surface area contributed by atoms with Crippen molar-refractivity contribution < 1.29 is 0 Å². The lowest BCUT2D eigenvalue weighted by atomic mass is 10.3. The molecule has 0 radical (unpaired) electrons. The van der Waals surface area contributed by atoms with Gasteiger partial charge in [-0.3, -0.25) is 0 Å². The Bertz CT molecular complexity index is 102. The maximum Gasteiger partial charge on any atom is 0.261 e. The minimum Gasteiger partial charge on any atom is -0.0939 e. The molecule has 0 saturated heterocycles. The Morgan fingerprint density at radius 3 is 1.33 bits per heavy atom. The second-order valence-electron chi connectivity index (χ2n) is 5.00. The van der Waals surface area contributed by atoms with Gasteiger partial charge in [-0.05, 0) is 0 Å². The fraction of sp³-hybridized carbons (Fsp3) is 1.00. The summed E-state index contributed by atoms with van der Waals surface area (Å²) in [6.45, 7) is 6.98. The van der Waals surface area contributed by atoms with Crippen LogP contribution in [0.2, 0.25) is 15.8 Å². The van der Waals surface area contributed by atoms with Gasteiger partial charge in [-0.1, -0.05) is 88.0 Å². The molecule has 0 aromatic rings. The molecule has 0 aliphatic rings. The summed E-state index contributed by atoms with van der Waals surface area (Å²) in [6.07, 6.45) is 11.7. The minimum atomic E-state index is -0.315. The van der Waals surface area contributed by atoms with Crippen molar-refractivity contribution in [2.45, 2.75) is 88.0 Å². The average molecular weight is 226 g/mol. The molecule has 0 nitrogen and oxygen atoms in total. The van der Waals surface area contributed by atoms with Crippen molar-refractivity contribution in [3.05, 3.63) is 0 Å². The molecule has 0 amide bonds. The van der Waals surface area contributed by atoms with Crippen LogP contribution in [0.25, 0.3) is 0 Å². The van der Waals surface area contributed by atoms with Gasteiger partial charge in [0.2, 0.25) is 0 Å². The van der Waals surface area contributed by atoms with Gasteiger partial charge in [0, 0.05) is 0 Å². The molecule has 0 spiro atoms. The molecule has 1 heteroatoms. The van der Waals surface area contributed by atoms with Crippen LogP contribution in [0.3, 0.4) is 0 Å². The summed E-state index contributed by atoms with van der Waals surface area (Å²) < 4.78 is 0. The normalized spacial score (nSPS) is 10.6. The van der Waals surface area contributed by atoms with Crippen LogP contribution in [0.4, 0.5) is 0 Å². The molecule has 0 fully saturated rings. The van der Waals surface area contributed by atoms with E-state index in [0.717, 1.165) is 0 Å². The van der Waals surface area contributed by atoms with Gasteiger partial charge < -0.3 is 0 Å². The van der Waals surface area contributed by atoms with E-state index in [0.29, 0.717) is 0 Å². The van der Waals surface area contributed by atoms with Crippen molar-refractivity contribution in [3.63, 3.8) is 0 Å². The summed E-state index contributed by atoms with van der Waals surface area (Å²) in [5, 5.41) is 4.90. The van der Waals surface area contributed by atoms with Crippen molar-refractivity contribution in [3.8, 4) is 0 Å². The number of hydrogen-bond acceptors (Lipinski definition) is 0. The number of hydrogen-bond donors (Lipinski definition) is 0. The molecule has 15 heavy (non-hydrogen) atoms. The third kappa shape index (κ3) is 10.8. The highest BCUT2D eigenvalue weighted by Crippen LogP contribution is 2.17. The van der Waals surface area contributed by atoms with Crippen LogP contribution in [0.5, 0.6) is 0 Å². The lowest BCUT2D eigenvalue weighted by Gasteiger charge is -2.10. The SMILES string of the molecule is CCCC[CH2][Al]([CH2]CCC)[CH2]CCCC.